The van der Waals surface area contributed by atoms with Crippen LogP contribution >= 0.6 is 0 Å². The Hall–Kier alpha value is -2.30. The summed E-state index contributed by atoms with van der Waals surface area (Å²) in [5.41, 5.74) is 1.08. The molecule has 1 saturated heterocycles. The lowest BCUT2D eigenvalue weighted by Crippen LogP contribution is -2.47. The molecule has 0 bridgehead atoms. The third kappa shape index (κ3) is 3.35. The number of fused-ring (bicyclic) bond motifs is 1. The molecule has 1 aromatic rings. The van der Waals surface area contributed by atoms with Crippen LogP contribution in [0, 0.1) is 17.8 Å². The highest BCUT2D eigenvalue weighted by molar-refractivity contribution is 5.87. The molecule has 1 fully saturated rings. The zero-order valence-corrected chi connectivity index (χ0v) is 15.8. The van der Waals surface area contributed by atoms with Gasteiger partial charge in [0.15, 0.2) is 0 Å². The quantitative estimate of drug-likeness (QED) is 0.760. The Balaban J connectivity index is 1.96. The molecule has 4 atom stereocenters. The number of hydrogen-bond acceptors (Lipinski definition) is 4. The van der Waals surface area contributed by atoms with Gasteiger partial charge in [0.1, 0.15) is 0 Å². The highest BCUT2D eigenvalue weighted by Crippen LogP contribution is 2.43. The van der Waals surface area contributed by atoms with Crippen LogP contribution < -0.4 is 0 Å². The summed E-state index contributed by atoms with van der Waals surface area (Å²) in [4.78, 5) is 27.6. The number of carbonyl (C=O) groups excluding carboxylic acids is 2. The monoisotopic (exact) mass is 357 g/mol. The van der Waals surface area contributed by atoms with E-state index >= 15 is 0 Å². The first kappa shape index (κ1) is 18.5. The van der Waals surface area contributed by atoms with Gasteiger partial charge < -0.3 is 14.4 Å². The van der Waals surface area contributed by atoms with E-state index in [9.17, 15) is 9.59 Å². The van der Waals surface area contributed by atoms with Gasteiger partial charge in [-0.05, 0) is 31.4 Å². The fraction of sp³-hybridized carbons (Fsp3) is 0.524. The molecule has 0 N–H and O–H groups in total. The summed E-state index contributed by atoms with van der Waals surface area (Å²) < 4.78 is 11.1. The van der Waals surface area contributed by atoms with Crippen LogP contribution in [0.25, 0.3) is 0 Å². The number of allylic oxidation sites excluding steroid dienone is 1. The van der Waals surface area contributed by atoms with E-state index in [0.717, 1.165) is 5.56 Å². The van der Waals surface area contributed by atoms with E-state index in [1.165, 1.54) is 0 Å². The van der Waals surface area contributed by atoms with Crippen LogP contribution in [0.15, 0.2) is 42.2 Å². The van der Waals surface area contributed by atoms with Crippen LogP contribution in [0.4, 0.5) is 0 Å². The lowest BCUT2D eigenvalue weighted by atomic mass is 9.79. The third-order valence-corrected chi connectivity index (χ3v) is 5.21. The molecular formula is C21H27NO4. The zero-order valence-electron chi connectivity index (χ0n) is 15.8. The number of likely N-dealkylation sites (tertiary alicyclic amines) is 1. The van der Waals surface area contributed by atoms with Crippen molar-refractivity contribution in [2.75, 3.05) is 6.61 Å². The maximum Gasteiger partial charge on any atom is 0.347 e. The predicted molar refractivity (Wildman–Crippen MR) is 97.9 cm³/mol. The van der Waals surface area contributed by atoms with Gasteiger partial charge >= 0.3 is 5.97 Å². The Morgan fingerprint density at radius 2 is 1.96 bits per heavy atom. The summed E-state index contributed by atoms with van der Waals surface area (Å²) in [6.45, 7) is 8.59. The minimum atomic E-state index is -0.734. The van der Waals surface area contributed by atoms with Crippen molar-refractivity contribution in [1.29, 1.82) is 0 Å². The second-order valence-corrected chi connectivity index (χ2v) is 7.36. The smallest absolute Gasteiger partial charge is 0.347 e. The van der Waals surface area contributed by atoms with Crippen molar-refractivity contribution in [3.8, 4) is 0 Å². The van der Waals surface area contributed by atoms with E-state index < -0.39 is 6.10 Å². The van der Waals surface area contributed by atoms with E-state index in [2.05, 4.69) is 13.8 Å². The van der Waals surface area contributed by atoms with Gasteiger partial charge in [0.25, 0.3) is 0 Å². The Morgan fingerprint density at radius 1 is 1.27 bits per heavy atom. The molecule has 2 aliphatic heterocycles. The van der Waals surface area contributed by atoms with Gasteiger partial charge in [-0.3, -0.25) is 4.79 Å². The van der Waals surface area contributed by atoms with Gasteiger partial charge in [-0.1, -0.05) is 44.2 Å². The number of nitrogens with zero attached hydrogens (tertiary/aromatic N) is 1. The fourth-order valence-corrected chi connectivity index (χ4v) is 4.24. The fourth-order valence-electron chi connectivity index (χ4n) is 4.24. The molecule has 0 saturated carbocycles. The summed E-state index contributed by atoms with van der Waals surface area (Å²) in [5.74, 6) is -0.0700. The van der Waals surface area contributed by atoms with Crippen LogP contribution in [0.2, 0.25) is 0 Å². The first-order valence-corrected chi connectivity index (χ1v) is 9.30. The highest BCUT2D eigenvalue weighted by Gasteiger charge is 2.56. The molecule has 0 aliphatic carbocycles. The van der Waals surface area contributed by atoms with Crippen molar-refractivity contribution in [3.05, 3.63) is 47.7 Å². The van der Waals surface area contributed by atoms with Gasteiger partial charge in [-0.2, -0.15) is 0 Å². The van der Waals surface area contributed by atoms with E-state index in [4.69, 9.17) is 9.47 Å². The summed E-state index contributed by atoms with van der Waals surface area (Å²) in [7, 11) is 0. The maximum absolute atomic E-state index is 13.2. The molecule has 0 radical (unpaired) electrons. The summed E-state index contributed by atoms with van der Waals surface area (Å²) in [6, 6.07) is 9.88. The van der Waals surface area contributed by atoms with Crippen molar-refractivity contribution >= 4 is 11.9 Å². The molecule has 3 rings (SSSR count). The zero-order chi connectivity index (χ0) is 18.8. The van der Waals surface area contributed by atoms with E-state index in [0.29, 0.717) is 18.9 Å². The molecular weight excluding hydrogens is 330 g/mol. The number of hydrogen-bond donors (Lipinski definition) is 0. The molecule has 4 unspecified atom stereocenters. The van der Waals surface area contributed by atoms with Crippen LogP contribution in [-0.4, -0.2) is 35.5 Å². The van der Waals surface area contributed by atoms with E-state index in [1.807, 2.05) is 41.3 Å². The maximum atomic E-state index is 13.2. The van der Waals surface area contributed by atoms with Crippen LogP contribution in [0.1, 0.15) is 33.3 Å². The number of rotatable bonds is 5. The molecule has 2 aliphatic rings. The second kappa shape index (κ2) is 7.52. The van der Waals surface area contributed by atoms with Gasteiger partial charge in [0, 0.05) is 18.5 Å². The Morgan fingerprint density at radius 3 is 2.58 bits per heavy atom. The van der Waals surface area contributed by atoms with Crippen molar-refractivity contribution in [1.82, 2.24) is 4.90 Å². The van der Waals surface area contributed by atoms with Crippen LogP contribution in [0.5, 0.6) is 0 Å². The standard InChI is InChI=1S/C21H27NO4/c1-5-25-21(24)19-17-16(11-14(4)26-19)20(23)22(18(17)13(2)3)12-15-9-7-6-8-10-15/h6-11,13,16-19H,5,12H2,1-4H3. The second-order valence-electron chi connectivity index (χ2n) is 7.36. The number of carbonyl (C=O) groups is 2. The molecule has 0 spiro atoms. The molecule has 5 nitrogen and oxygen atoms in total. The van der Waals surface area contributed by atoms with Gasteiger partial charge in [0.2, 0.25) is 12.0 Å². The lowest BCUT2D eigenvalue weighted by Gasteiger charge is -2.36. The number of esters is 1. The van der Waals surface area contributed by atoms with E-state index in [-0.39, 0.29) is 35.7 Å². The number of amides is 1. The van der Waals surface area contributed by atoms with Crippen LogP contribution in [-0.2, 0) is 25.6 Å². The first-order chi connectivity index (χ1) is 12.4. The Bertz CT molecular complexity index is 697. The molecule has 1 amide bonds. The van der Waals surface area contributed by atoms with Gasteiger partial charge in [0.05, 0.1) is 18.3 Å². The largest absolute Gasteiger partial charge is 0.483 e. The summed E-state index contributed by atoms with van der Waals surface area (Å²) in [5, 5.41) is 0. The number of ether oxygens (including phenoxy) is 2. The molecule has 140 valence electrons. The minimum absolute atomic E-state index is 0.0644. The molecule has 5 heteroatoms. The van der Waals surface area contributed by atoms with Gasteiger partial charge in [-0.25, -0.2) is 4.79 Å². The Labute approximate surface area is 155 Å². The molecule has 0 aromatic heterocycles. The van der Waals surface area contributed by atoms with Crippen molar-refractivity contribution in [3.63, 3.8) is 0 Å². The number of benzene rings is 1. The molecule has 26 heavy (non-hydrogen) atoms. The molecule has 2 heterocycles. The van der Waals surface area contributed by atoms with Crippen LogP contribution in [0.3, 0.4) is 0 Å². The van der Waals surface area contributed by atoms with Crippen molar-refractivity contribution in [2.45, 2.75) is 46.4 Å². The average molecular weight is 357 g/mol. The lowest BCUT2D eigenvalue weighted by molar-refractivity contribution is -0.160. The third-order valence-electron chi connectivity index (χ3n) is 5.21. The SMILES string of the molecule is CCOC(=O)C1OC(C)=CC2C(=O)N(Cc3ccccc3)C(C(C)C)C21. The average Bonchev–Trinajstić information content (AvgIpc) is 2.88. The summed E-state index contributed by atoms with van der Waals surface area (Å²) in [6.07, 6.45) is 1.13. The predicted octanol–water partition coefficient (Wildman–Crippen LogP) is 3.15. The first-order valence-electron chi connectivity index (χ1n) is 9.30. The van der Waals surface area contributed by atoms with Gasteiger partial charge in [-0.15, -0.1) is 0 Å². The normalized spacial score (nSPS) is 27.8. The topological polar surface area (TPSA) is 55.8 Å². The van der Waals surface area contributed by atoms with Crippen molar-refractivity contribution in [2.24, 2.45) is 17.8 Å². The molecule has 1 aromatic carbocycles. The highest BCUT2D eigenvalue weighted by atomic mass is 16.6. The van der Waals surface area contributed by atoms with Crippen molar-refractivity contribution < 1.29 is 19.1 Å². The summed E-state index contributed by atoms with van der Waals surface area (Å²) >= 11 is 0. The minimum Gasteiger partial charge on any atom is -0.483 e. The Kier molecular flexibility index (Phi) is 5.35. The van der Waals surface area contributed by atoms with E-state index in [1.54, 1.807) is 13.8 Å².